The van der Waals surface area contributed by atoms with E-state index in [0.717, 1.165) is 0 Å². The summed E-state index contributed by atoms with van der Waals surface area (Å²) in [5.41, 5.74) is 0. The zero-order valence-corrected chi connectivity index (χ0v) is 6.25. The van der Waals surface area contributed by atoms with Crippen LogP contribution in [0.25, 0.3) is 0 Å². The monoisotopic (exact) mass is 157 g/mol. The number of ketones is 1. The van der Waals surface area contributed by atoms with Crippen molar-refractivity contribution in [3.05, 3.63) is 0 Å². The Labute approximate surface area is 64.8 Å². The zero-order valence-electron chi connectivity index (χ0n) is 6.25. The van der Waals surface area contributed by atoms with Crippen LogP contribution in [0, 0.1) is 0 Å². The molecule has 1 N–H and O–H groups in total. The second kappa shape index (κ2) is 3.48. The van der Waals surface area contributed by atoms with Crippen LogP contribution in [0.4, 0.5) is 0 Å². The summed E-state index contributed by atoms with van der Waals surface area (Å²) in [6.45, 7) is 1.09. The Morgan fingerprint density at radius 3 is 2.64 bits per heavy atom. The molecule has 0 radical (unpaired) electrons. The van der Waals surface area contributed by atoms with Crippen molar-refractivity contribution >= 4 is 11.7 Å². The normalized spacial score (nSPS) is 18.1. The number of aliphatic hydroxyl groups excluding tert-OH is 1. The number of Topliss-reactive ketones (excluding diaryl/α,β-unsaturated/α-hetero) is 1. The molecule has 0 aliphatic carbocycles. The number of nitrogens with zero attached hydrogens (tertiary/aromatic N) is 1. The van der Waals surface area contributed by atoms with Crippen molar-refractivity contribution < 1.29 is 14.7 Å². The van der Waals surface area contributed by atoms with Crippen molar-refractivity contribution in [2.75, 3.05) is 19.7 Å². The predicted molar refractivity (Wildman–Crippen MR) is 37.9 cm³/mol. The van der Waals surface area contributed by atoms with Crippen molar-refractivity contribution in [3.8, 4) is 0 Å². The summed E-state index contributed by atoms with van der Waals surface area (Å²) in [6.07, 6.45) is 0.892. The molecule has 0 aromatic heterocycles. The summed E-state index contributed by atoms with van der Waals surface area (Å²) in [5.74, 6) is -0.693. The molecule has 1 fully saturated rings. The maximum Gasteiger partial charge on any atom is 0.290 e. The number of hydrogen-bond donors (Lipinski definition) is 1. The molecule has 0 aromatic rings. The molecular formula is C7H11NO3. The van der Waals surface area contributed by atoms with E-state index < -0.39 is 5.91 Å². The molecule has 1 saturated heterocycles. The highest BCUT2D eigenvalue weighted by Crippen LogP contribution is 2.05. The quantitative estimate of drug-likeness (QED) is 0.544. The number of rotatable bonds is 3. The highest BCUT2D eigenvalue weighted by atomic mass is 16.3. The van der Waals surface area contributed by atoms with Gasteiger partial charge < -0.3 is 10.0 Å². The van der Waals surface area contributed by atoms with Gasteiger partial charge in [0.1, 0.15) is 0 Å². The smallest absolute Gasteiger partial charge is 0.290 e. The maximum atomic E-state index is 10.9. The first kappa shape index (κ1) is 8.20. The third-order valence-corrected chi connectivity index (χ3v) is 1.72. The lowest BCUT2D eigenvalue weighted by molar-refractivity contribution is -0.140. The van der Waals surface area contributed by atoms with Gasteiger partial charge in [0.05, 0.1) is 0 Å². The van der Waals surface area contributed by atoms with Crippen LogP contribution < -0.4 is 0 Å². The van der Waals surface area contributed by atoms with Gasteiger partial charge in [-0.25, -0.2) is 0 Å². The molecule has 0 aromatic carbocycles. The SMILES string of the molecule is O=C1CCN(CCCO)C1=O. The van der Waals surface area contributed by atoms with E-state index in [0.29, 0.717) is 25.9 Å². The minimum atomic E-state index is -0.390. The van der Waals surface area contributed by atoms with E-state index in [9.17, 15) is 9.59 Å². The second-order valence-electron chi connectivity index (χ2n) is 2.54. The molecule has 0 atom stereocenters. The standard InChI is InChI=1S/C7H11NO3/c9-5-1-3-8-4-2-6(10)7(8)11/h9H,1-5H2. The third kappa shape index (κ3) is 1.77. The fourth-order valence-corrected chi connectivity index (χ4v) is 1.10. The van der Waals surface area contributed by atoms with Gasteiger partial charge in [-0.05, 0) is 6.42 Å². The van der Waals surface area contributed by atoms with Gasteiger partial charge in [0, 0.05) is 26.1 Å². The molecule has 1 aliphatic rings. The van der Waals surface area contributed by atoms with Crippen LogP contribution >= 0.6 is 0 Å². The molecule has 0 saturated carbocycles. The Morgan fingerprint density at radius 1 is 1.45 bits per heavy atom. The molecule has 1 aliphatic heterocycles. The van der Waals surface area contributed by atoms with Gasteiger partial charge in [0.2, 0.25) is 5.78 Å². The molecule has 4 heteroatoms. The number of amides is 1. The number of carbonyl (C=O) groups excluding carboxylic acids is 2. The molecule has 1 rings (SSSR count). The summed E-state index contributed by atoms with van der Waals surface area (Å²) in [4.78, 5) is 23.1. The second-order valence-corrected chi connectivity index (χ2v) is 2.54. The molecule has 4 nitrogen and oxygen atoms in total. The van der Waals surface area contributed by atoms with Gasteiger partial charge in [0.15, 0.2) is 0 Å². The Hall–Kier alpha value is -0.900. The summed E-state index contributed by atoms with van der Waals surface area (Å²) in [6, 6.07) is 0. The average Bonchev–Trinajstić information content (AvgIpc) is 2.31. The van der Waals surface area contributed by atoms with Crippen molar-refractivity contribution in [3.63, 3.8) is 0 Å². The Balaban J connectivity index is 2.36. The lowest BCUT2D eigenvalue weighted by Gasteiger charge is -2.12. The molecule has 62 valence electrons. The van der Waals surface area contributed by atoms with E-state index in [1.165, 1.54) is 4.90 Å². The van der Waals surface area contributed by atoms with Gasteiger partial charge in [-0.2, -0.15) is 0 Å². The number of hydrogen-bond acceptors (Lipinski definition) is 3. The first-order valence-corrected chi connectivity index (χ1v) is 3.68. The van der Waals surface area contributed by atoms with Gasteiger partial charge in [-0.3, -0.25) is 9.59 Å². The lowest BCUT2D eigenvalue weighted by Crippen LogP contribution is -2.28. The minimum Gasteiger partial charge on any atom is -0.396 e. The highest BCUT2D eigenvalue weighted by Gasteiger charge is 2.28. The molecule has 0 bridgehead atoms. The lowest BCUT2D eigenvalue weighted by atomic mass is 10.3. The van der Waals surface area contributed by atoms with Gasteiger partial charge in [-0.15, -0.1) is 0 Å². The van der Waals surface area contributed by atoms with E-state index in [1.54, 1.807) is 0 Å². The summed E-state index contributed by atoms with van der Waals surface area (Å²) < 4.78 is 0. The average molecular weight is 157 g/mol. The molecule has 1 amide bonds. The van der Waals surface area contributed by atoms with E-state index in [4.69, 9.17) is 5.11 Å². The first-order valence-electron chi connectivity index (χ1n) is 3.68. The molecule has 0 spiro atoms. The third-order valence-electron chi connectivity index (χ3n) is 1.72. The van der Waals surface area contributed by atoms with Gasteiger partial charge in [0.25, 0.3) is 5.91 Å². The molecule has 0 unspecified atom stereocenters. The van der Waals surface area contributed by atoms with Crippen molar-refractivity contribution in [1.82, 2.24) is 4.90 Å². The molecule has 1 heterocycles. The van der Waals surface area contributed by atoms with E-state index in [-0.39, 0.29) is 12.4 Å². The largest absolute Gasteiger partial charge is 0.396 e. The maximum absolute atomic E-state index is 10.9. The van der Waals surface area contributed by atoms with Crippen LogP contribution in [0.15, 0.2) is 0 Å². The summed E-state index contributed by atoms with van der Waals surface area (Å²) in [7, 11) is 0. The number of carbonyl (C=O) groups is 2. The van der Waals surface area contributed by atoms with Gasteiger partial charge in [-0.1, -0.05) is 0 Å². The van der Waals surface area contributed by atoms with Crippen molar-refractivity contribution in [2.24, 2.45) is 0 Å². The predicted octanol–water partition coefficient (Wildman–Crippen LogP) is -0.830. The molecule has 11 heavy (non-hydrogen) atoms. The van der Waals surface area contributed by atoms with Crippen LogP contribution in [-0.2, 0) is 9.59 Å². The van der Waals surface area contributed by atoms with E-state index >= 15 is 0 Å². The Bertz CT molecular complexity index is 179. The number of likely N-dealkylation sites (tertiary alicyclic amines) is 1. The minimum absolute atomic E-state index is 0.0674. The molecular weight excluding hydrogens is 146 g/mol. The number of aliphatic hydroxyl groups is 1. The topological polar surface area (TPSA) is 57.6 Å². The summed E-state index contributed by atoms with van der Waals surface area (Å²) in [5, 5.41) is 8.46. The summed E-state index contributed by atoms with van der Waals surface area (Å²) >= 11 is 0. The van der Waals surface area contributed by atoms with Gasteiger partial charge >= 0.3 is 0 Å². The fourth-order valence-electron chi connectivity index (χ4n) is 1.10. The van der Waals surface area contributed by atoms with Crippen LogP contribution in [0.3, 0.4) is 0 Å². The fraction of sp³-hybridized carbons (Fsp3) is 0.714. The van der Waals surface area contributed by atoms with Crippen molar-refractivity contribution in [1.29, 1.82) is 0 Å². The van der Waals surface area contributed by atoms with Crippen LogP contribution in [0.2, 0.25) is 0 Å². The van der Waals surface area contributed by atoms with E-state index in [1.807, 2.05) is 0 Å². The van der Waals surface area contributed by atoms with Crippen LogP contribution in [-0.4, -0.2) is 41.4 Å². The Morgan fingerprint density at radius 2 is 2.18 bits per heavy atom. The van der Waals surface area contributed by atoms with Crippen LogP contribution in [0.5, 0.6) is 0 Å². The van der Waals surface area contributed by atoms with E-state index in [2.05, 4.69) is 0 Å². The first-order chi connectivity index (χ1) is 5.25. The zero-order chi connectivity index (χ0) is 8.27. The highest BCUT2D eigenvalue weighted by molar-refractivity contribution is 6.37. The van der Waals surface area contributed by atoms with Crippen molar-refractivity contribution in [2.45, 2.75) is 12.8 Å². The Kier molecular flexibility index (Phi) is 2.59. The van der Waals surface area contributed by atoms with Crippen LogP contribution in [0.1, 0.15) is 12.8 Å².